The van der Waals surface area contributed by atoms with Gasteiger partial charge in [-0.15, -0.1) is 0 Å². The molecule has 43 heavy (non-hydrogen) atoms. The topological polar surface area (TPSA) is 105 Å². The van der Waals surface area contributed by atoms with Crippen molar-refractivity contribution in [1.82, 2.24) is 10.4 Å². The highest BCUT2D eigenvalue weighted by Gasteiger charge is 2.33. The highest BCUT2D eigenvalue weighted by molar-refractivity contribution is 6.31. The number of anilines is 2. The summed E-state index contributed by atoms with van der Waals surface area (Å²) in [6.07, 6.45) is -6.67. The van der Waals surface area contributed by atoms with E-state index in [0.29, 0.717) is 23.1 Å². The summed E-state index contributed by atoms with van der Waals surface area (Å²) in [5.74, 6) is -0.160. The van der Waals surface area contributed by atoms with E-state index in [4.69, 9.17) is 16.3 Å². The van der Waals surface area contributed by atoms with Crippen LogP contribution in [0.5, 0.6) is 11.5 Å². The van der Waals surface area contributed by atoms with Crippen molar-refractivity contribution in [1.29, 1.82) is 0 Å². The molecule has 0 saturated carbocycles. The van der Waals surface area contributed by atoms with Crippen LogP contribution >= 0.6 is 11.6 Å². The van der Waals surface area contributed by atoms with E-state index in [-0.39, 0.29) is 17.1 Å². The van der Waals surface area contributed by atoms with E-state index in [0.717, 1.165) is 18.2 Å². The van der Waals surface area contributed by atoms with Crippen LogP contribution in [0.3, 0.4) is 0 Å². The van der Waals surface area contributed by atoms with E-state index in [1.54, 1.807) is 0 Å². The monoisotopic (exact) mass is 621 g/mol. The van der Waals surface area contributed by atoms with Crippen LogP contribution in [0.2, 0.25) is 5.02 Å². The molecular weight excluding hydrogens is 604 g/mol. The van der Waals surface area contributed by atoms with Crippen LogP contribution in [-0.4, -0.2) is 23.1 Å². The molecule has 0 aliphatic rings. The van der Waals surface area contributed by atoms with Crippen molar-refractivity contribution in [2.24, 2.45) is 5.10 Å². The Morgan fingerprint density at radius 1 is 0.791 bits per heavy atom. The lowest BCUT2D eigenvalue weighted by Crippen LogP contribution is -2.19. The molecule has 3 aromatic carbocycles. The Balaban J connectivity index is 1.31. The fourth-order valence-electron chi connectivity index (χ4n) is 3.44. The summed E-state index contributed by atoms with van der Waals surface area (Å²) in [6, 6.07) is 15.1. The lowest BCUT2D eigenvalue weighted by atomic mass is 10.1. The first-order valence-corrected chi connectivity index (χ1v) is 12.3. The van der Waals surface area contributed by atoms with E-state index in [9.17, 15) is 35.9 Å². The summed E-state index contributed by atoms with van der Waals surface area (Å²) in [5.41, 5.74) is 0.774. The standard InChI is InChI=1S/C28H18ClF6N5O3/c29-23-10-7-19(13-22(23)28(33,34)35)39-26(42)38-18-5-8-20(9-6-18)43-21-11-12-36-24(14-21)25(41)40-37-15-16-1-3-17(4-2-16)27(30,31)32/h1-15H,(H,40,41)(H2,38,39,42)/b37-15+. The lowest BCUT2D eigenvalue weighted by Gasteiger charge is -2.12. The number of pyridine rings is 1. The second kappa shape index (κ2) is 12.8. The molecule has 8 nitrogen and oxygen atoms in total. The average molecular weight is 622 g/mol. The summed E-state index contributed by atoms with van der Waals surface area (Å²) in [5, 5.41) is 7.99. The number of alkyl halides is 6. The number of amides is 3. The van der Waals surface area contributed by atoms with Crippen molar-refractivity contribution < 1.29 is 40.7 Å². The van der Waals surface area contributed by atoms with Crippen molar-refractivity contribution in [3.05, 3.63) is 112 Å². The predicted molar refractivity (Wildman–Crippen MR) is 146 cm³/mol. The zero-order valence-electron chi connectivity index (χ0n) is 21.4. The number of hydrogen-bond acceptors (Lipinski definition) is 5. The molecule has 1 heterocycles. The third kappa shape index (κ3) is 8.69. The molecule has 0 saturated heterocycles. The van der Waals surface area contributed by atoms with Crippen LogP contribution in [0.1, 0.15) is 27.2 Å². The minimum Gasteiger partial charge on any atom is -0.457 e. The van der Waals surface area contributed by atoms with Crippen LogP contribution in [0.25, 0.3) is 0 Å². The van der Waals surface area contributed by atoms with Gasteiger partial charge in [0, 0.05) is 23.6 Å². The molecule has 3 N–H and O–H groups in total. The van der Waals surface area contributed by atoms with Gasteiger partial charge in [-0.2, -0.15) is 31.4 Å². The fourth-order valence-corrected chi connectivity index (χ4v) is 3.66. The second-order valence-corrected chi connectivity index (χ2v) is 9.00. The van der Waals surface area contributed by atoms with Gasteiger partial charge in [0.2, 0.25) is 0 Å². The van der Waals surface area contributed by atoms with Gasteiger partial charge in [-0.1, -0.05) is 23.7 Å². The van der Waals surface area contributed by atoms with Crippen molar-refractivity contribution >= 4 is 41.1 Å². The molecule has 15 heteroatoms. The highest BCUT2D eigenvalue weighted by atomic mass is 35.5. The number of rotatable bonds is 7. The summed E-state index contributed by atoms with van der Waals surface area (Å²) in [7, 11) is 0. The smallest absolute Gasteiger partial charge is 0.417 e. The zero-order chi connectivity index (χ0) is 31.2. The maximum Gasteiger partial charge on any atom is 0.417 e. The third-order valence-electron chi connectivity index (χ3n) is 5.46. The molecule has 0 spiro atoms. The van der Waals surface area contributed by atoms with Crippen molar-refractivity contribution in [3.63, 3.8) is 0 Å². The molecule has 4 rings (SSSR count). The summed E-state index contributed by atoms with van der Waals surface area (Å²) >= 11 is 5.58. The number of hydrogen-bond donors (Lipinski definition) is 3. The first-order chi connectivity index (χ1) is 20.3. The van der Waals surface area contributed by atoms with Crippen molar-refractivity contribution in [2.45, 2.75) is 12.4 Å². The first kappa shape index (κ1) is 30.8. The van der Waals surface area contributed by atoms with Crippen LogP contribution in [0.4, 0.5) is 42.5 Å². The van der Waals surface area contributed by atoms with Gasteiger partial charge in [0.15, 0.2) is 0 Å². The minimum atomic E-state index is -4.69. The first-order valence-electron chi connectivity index (χ1n) is 12.0. The van der Waals surface area contributed by atoms with Crippen LogP contribution in [0, 0.1) is 0 Å². The second-order valence-electron chi connectivity index (χ2n) is 8.59. The number of carbonyl (C=O) groups excluding carboxylic acids is 2. The Kier molecular flexibility index (Phi) is 9.19. The Bertz CT molecular complexity index is 1640. The molecule has 3 amide bonds. The third-order valence-corrected chi connectivity index (χ3v) is 5.79. The van der Waals surface area contributed by atoms with E-state index in [2.05, 4.69) is 26.1 Å². The minimum absolute atomic E-state index is 0.0621. The van der Waals surface area contributed by atoms with E-state index in [1.807, 2.05) is 0 Å². The van der Waals surface area contributed by atoms with Crippen LogP contribution in [-0.2, 0) is 12.4 Å². The molecule has 0 fully saturated rings. The SMILES string of the molecule is O=C(Nc1ccc(Oc2ccnc(C(=O)N/N=C/c3ccc(C(F)(F)F)cc3)c2)cc1)Nc1ccc(Cl)c(C(F)(F)F)c1. The van der Waals surface area contributed by atoms with Gasteiger partial charge >= 0.3 is 18.4 Å². The number of benzene rings is 3. The molecule has 0 radical (unpaired) electrons. The molecule has 0 atom stereocenters. The largest absolute Gasteiger partial charge is 0.457 e. The fraction of sp³-hybridized carbons (Fsp3) is 0.0714. The van der Waals surface area contributed by atoms with Crippen LogP contribution < -0.4 is 20.8 Å². The van der Waals surface area contributed by atoms with E-state index in [1.165, 1.54) is 67.0 Å². The summed E-state index contributed by atoms with van der Waals surface area (Å²) in [4.78, 5) is 28.6. The van der Waals surface area contributed by atoms with E-state index < -0.39 is 40.4 Å². The average Bonchev–Trinajstić information content (AvgIpc) is 2.94. The molecule has 0 unspecified atom stereocenters. The molecule has 0 aliphatic carbocycles. The normalized spacial score (nSPS) is 11.7. The van der Waals surface area contributed by atoms with Gasteiger partial charge in [-0.25, -0.2) is 10.2 Å². The number of hydrazone groups is 1. The van der Waals surface area contributed by atoms with Gasteiger partial charge in [0.1, 0.15) is 17.2 Å². The van der Waals surface area contributed by atoms with Crippen LogP contribution in [0.15, 0.2) is 90.2 Å². The van der Waals surface area contributed by atoms with Gasteiger partial charge in [0.05, 0.1) is 22.4 Å². The molecule has 222 valence electrons. The summed E-state index contributed by atoms with van der Waals surface area (Å²) < 4.78 is 82.8. The number of carbonyl (C=O) groups is 2. The predicted octanol–water partition coefficient (Wildman–Crippen LogP) is 7.97. The maximum atomic E-state index is 13.0. The lowest BCUT2D eigenvalue weighted by molar-refractivity contribution is -0.138. The van der Waals surface area contributed by atoms with Crippen molar-refractivity contribution in [2.75, 3.05) is 10.6 Å². The Labute approximate surface area is 244 Å². The number of nitrogens with zero attached hydrogens (tertiary/aromatic N) is 2. The molecular formula is C28H18ClF6N5O3. The zero-order valence-corrected chi connectivity index (χ0v) is 22.2. The quantitative estimate of drug-likeness (QED) is 0.111. The number of halogens is 7. The number of urea groups is 1. The molecule has 4 aromatic rings. The van der Waals surface area contributed by atoms with Gasteiger partial charge < -0.3 is 15.4 Å². The summed E-state index contributed by atoms with van der Waals surface area (Å²) in [6.45, 7) is 0. The number of ether oxygens (including phenoxy) is 1. The Hall–Kier alpha value is -5.11. The highest BCUT2D eigenvalue weighted by Crippen LogP contribution is 2.36. The molecule has 1 aromatic heterocycles. The molecule has 0 aliphatic heterocycles. The Morgan fingerprint density at radius 2 is 1.44 bits per heavy atom. The van der Waals surface area contributed by atoms with Gasteiger partial charge in [-0.3, -0.25) is 9.78 Å². The van der Waals surface area contributed by atoms with Gasteiger partial charge in [0.25, 0.3) is 5.91 Å². The van der Waals surface area contributed by atoms with Gasteiger partial charge in [-0.05, 0) is 66.2 Å². The number of aromatic nitrogens is 1. The molecule has 0 bridgehead atoms. The maximum absolute atomic E-state index is 13.0. The Morgan fingerprint density at radius 3 is 2.09 bits per heavy atom. The van der Waals surface area contributed by atoms with E-state index >= 15 is 0 Å². The van der Waals surface area contributed by atoms with Crippen molar-refractivity contribution in [3.8, 4) is 11.5 Å². The number of nitrogens with one attached hydrogen (secondary N) is 3.